The van der Waals surface area contributed by atoms with Crippen LogP contribution in [0.5, 0.6) is 0 Å². The Balaban J connectivity index is 1.96. The molecule has 1 aliphatic rings. The minimum absolute atomic E-state index is 0.218. The Bertz CT molecular complexity index is 484. The normalized spacial score (nSPS) is 17.6. The Labute approximate surface area is 126 Å². The number of hydrogen-bond donors (Lipinski definition) is 2. The zero-order valence-electron chi connectivity index (χ0n) is 12.7. The van der Waals surface area contributed by atoms with E-state index in [0.717, 1.165) is 6.42 Å². The van der Waals surface area contributed by atoms with E-state index in [1.54, 1.807) is 12.1 Å². The van der Waals surface area contributed by atoms with Gasteiger partial charge in [-0.2, -0.15) is 0 Å². The second-order valence-electron chi connectivity index (χ2n) is 5.96. The number of carbonyl (C=O) groups excluding carboxylic acids is 1. The molecular formula is C17H25FN2O. The van der Waals surface area contributed by atoms with Crippen molar-refractivity contribution in [1.29, 1.82) is 0 Å². The van der Waals surface area contributed by atoms with Crippen LogP contribution in [0.2, 0.25) is 0 Å². The molecule has 21 heavy (non-hydrogen) atoms. The number of primary amides is 1. The molecule has 0 bridgehead atoms. The molecule has 116 valence electrons. The van der Waals surface area contributed by atoms with Crippen molar-refractivity contribution in [2.75, 3.05) is 0 Å². The van der Waals surface area contributed by atoms with E-state index in [1.165, 1.54) is 38.2 Å². The van der Waals surface area contributed by atoms with Crippen LogP contribution < -0.4 is 11.1 Å². The first-order valence-corrected chi connectivity index (χ1v) is 7.93. The first kappa shape index (κ1) is 16.0. The van der Waals surface area contributed by atoms with Crippen LogP contribution in [0.4, 0.5) is 4.39 Å². The van der Waals surface area contributed by atoms with Gasteiger partial charge in [0.15, 0.2) is 0 Å². The van der Waals surface area contributed by atoms with Crippen molar-refractivity contribution >= 4 is 5.91 Å². The highest BCUT2D eigenvalue weighted by atomic mass is 19.1. The van der Waals surface area contributed by atoms with Gasteiger partial charge in [-0.05, 0) is 37.3 Å². The molecule has 1 aromatic carbocycles. The number of nitrogens with one attached hydrogen (secondary N) is 1. The van der Waals surface area contributed by atoms with E-state index in [4.69, 9.17) is 5.73 Å². The van der Waals surface area contributed by atoms with Crippen LogP contribution >= 0.6 is 0 Å². The number of benzene rings is 1. The molecule has 0 radical (unpaired) electrons. The minimum atomic E-state index is -0.595. The smallest absolute Gasteiger partial charge is 0.248 e. The molecule has 0 heterocycles. The van der Waals surface area contributed by atoms with Crippen molar-refractivity contribution in [2.45, 2.75) is 58.0 Å². The van der Waals surface area contributed by atoms with Crippen LogP contribution in [0.25, 0.3) is 0 Å². The van der Waals surface area contributed by atoms with Crippen LogP contribution in [0.15, 0.2) is 18.2 Å². The molecule has 0 spiro atoms. The summed E-state index contributed by atoms with van der Waals surface area (Å²) in [6, 6.07) is 4.90. The average molecular weight is 292 g/mol. The van der Waals surface area contributed by atoms with Crippen molar-refractivity contribution < 1.29 is 9.18 Å². The topological polar surface area (TPSA) is 55.1 Å². The molecule has 0 saturated heterocycles. The van der Waals surface area contributed by atoms with Gasteiger partial charge in [-0.25, -0.2) is 4.39 Å². The maximum Gasteiger partial charge on any atom is 0.248 e. The van der Waals surface area contributed by atoms with Gasteiger partial charge in [0.1, 0.15) is 5.82 Å². The van der Waals surface area contributed by atoms with E-state index in [9.17, 15) is 9.18 Å². The second kappa shape index (κ2) is 7.55. The van der Waals surface area contributed by atoms with Gasteiger partial charge in [-0.3, -0.25) is 4.79 Å². The lowest BCUT2D eigenvalue weighted by Gasteiger charge is -2.30. The van der Waals surface area contributed by atoms with E-state index in [-0.39, 0.29) is 11.4 Å². The highest BCUT2D eigenvalue weighted by Gasteiger charge is 2.22. The predicted molar refractivity (Wildman–Crippen MR) is 82.4 cm³/mol. The lowest BCUT2D eigenvalue weighted by Crippen LogP contribution is -2.36. The predicted octanol–water partition coefficient (Wildman–Crippen LogP) is 3.37. The van der Waals surface area contributed by atoms with Crippen LogP contribution in [0, 0.1) is 11.7 Å². The molecule has 3 N–H and O–H groups in total. The summed E-state index contributed by atoms with van der Waals surface area (Å²) >= 11 is 0. The highest BCUT2D eigenvalue weighted by molar-refractivity contribution is 5.92. The van der Waals surface area contributed by atoms with E-state index < -0.39 is 5.91 Å². The molecule has 1 fully saturated rings. The maximum absolute atomic E-state index is 14.0. The molecule has 1 unspecified atom stereocenters. The Hall–Kier alpha value is -1.42. The van der Waals surface area contributed by atoms with Gasteiger partial charge in [0.25, 0.3) is 0 Å². The third-order valence-corrected chi connectivity index (χ3v) is 4.55. The molecule has 1 amide bonds. The standard InChI is InChI=1S/C17H25FN2O/c1-2-16(12-6-4-3-5-7-12)20-11-14-9-8-13(17(19)21)10-15(14)18/h8-10,12,16,20H,2-7,11H2,1H3,(H2,19,21). The Morgan fingerprint density at radius 2 is 2.10 bits per heavy atom. The van der Waals surface area contributed by atoms with Gasteiger partial charge in [0.2, 0.25) is 5.91 Å². The van der Waals surface area contributed by atoms with Crippen molar-refractivity contribution in [3.8, 4) is 0 Å². The first-order valence-electron chi connectivity index (χ1n) is 7.93. The summed E-state index contributed by atoms with van der Waals surface area (Å²) in [4.78, 5) is 11.0. The summed E-state index contributed by atoms with van der Waals surface area (Å²) in [5.41, 5.74) is 5.96. The van der Waals surface area contributed by atoms with Gasteiger partial charge in [0.05, 0.1) is 0 Å². The van der Waals surface area contributed by atoms with Crippen molar-refractivity contribution in [3.05, 3.63) is 35.1 Å². The fourth-order valence-corrected chi connectivity index (χ4v) is 3.27. The largest absolute Gasteiger partial charge is 0.366 e. The SMILES string of the molecule is CCC(NCc1ccc(C(N)=O)cc1F)C1CCCCC1. The van der Waals surface area contributed by atoms with Gasteiger partial charge >= 0.3 is 0 Å². The minimum Gasteiger partial charge on any atom is -0.366 e. The number of rotatable bonds is 6. The highest BCUT2D eigenvalue weighted by Crippen LogP contribution is 2.28. The molecule has 3 nitrogen and oxygen atoms in total. The number of carbonyl (C=O) groups is 1. The van der Waals surface area contributed by atoms with Crippen molar-refractivity contribution in [2.24, 2.45) is 11.7 Å². The molecule has 1 atom stereocenters. The number of halogens is 1. The molecule has 1 aliphatic carbocycles. The quantitative estimate of drug-likeness (QED) is 0.844. The molecule has 1 saturated carbocycles. The maximum atomic E-state index is 14.0. The fraction of sp³-hybridized carbons (Fsp3) is 0.588. The molecular weight excluding hydrogens is 267 g/mol. The van der Waals surface area contributed by atoms with Crippen LogP contribution in [-0.2, 0) is 6.54 Å². The van der Waals surface area contributed by atoms with E-state index >= 15 is 0 Å². The molecule has 0 aromatic heterocycles. The summed E-state index contributed by atoms with van der Waals surface area (Å²) in [5, 5.41) is 3.49. The number of hydrogen-bond acceptors (Lipinski definition) is 2. The summed E-state index contributed by atoms with van der Waals surface area (Å²) in [6.07, 6.45) is 7.57. The van der Waals surface area contributed by atoms with Gasteiger partial charge in [-0.15, -0.1) is 0 Å². The number of amides is 1. The van der Waals surface area contributed by atoms with Gasteiger partial charge in [-0.1, -0.05) is 32.3 Å². The summed E-state index contributed by atoms with van der Waals surface area (Å²) in [7, 11) is 0. The molecule has 4 heteroatoms. The lowest BCUT2D eigenvalue weighted by molar-refractivity contribution is 0.1000. The summed E-state index contributed by atoms with van der Waals surface area (Å²) in [6.45, 7) is 2.68. The second-order valence-corrected chi connectivity index (χ2v) is 5.96. The van der Waals surface area contributed by atoms with Gasteiger partial charge in [0, 0.05) is 23.7 Å². The van der Waals surface area contributed by atoms with Crippen molar-refractivity contribution in [3.63, 3.8) is 0 Å². The molecule has 1 aromatic rings. The van der Waals surface area contributed by atoms with E-state index in [1.807, 2.05) is 0 Å². The lowest BCUT2D eigenvalue weighted by atomic mass is 9.83. The third kappa shape index (κ3) is 4.27. The van der Waals surface area contributed by atoms with Gasteiger partial charge < -0.3 is 11.1 Å². The first-order chi connectivity index (χ1) is 10.1. The number of nitrogens with two attached hydrogens (primary N) is 1. The summed E-state index contributed by atoms with van der Waals surface area (Å²) in [5.74, 6) is -0.254. The average Bonchev–Trinajstić information content (AvgIpc) is 2.50. The fourth-order valence-electron chi connectivity index (χ4n) is 3.27. The Morgan fingerprint density at radius 1 is 1.38 bits per heavy atom. The van der Waals surface area contributed by atoms with Crippen LogP contribution in [0.1, 0.15) is 61.4 Å². The molecule has 0 aliphatic heterocycles. The zero-order chi connectivity index (χ0) is 15.2. The Kier molecular flexibility index (Phi) is 5.74. The van der Waals surface area contributed by atoms with Crippen molar-refractivity contribution in [1.82, 2.24) is 5.32 Å². The van der Waals surface area contributed by atoms with Crippen LogP contribution in [0.3, 0.4) is 0 Å². The monoisotopic (exact) mass is 292 g/mol. The molecule has 2 rings (SSSR count). The summed E-state index contributed by atoms with van der Waals surface area (Å²) < 4.78 is 14.0. The van der Waals surface area contributed by atoms with E-state index in [0.29, 0.717) is 24.1 Å². The van der Waals surface area contributed by atoms with Crippen LogP contribution in [-0.4, -0.2) is 11.9 Å². The van der Waals surface area contributed by atoms with E-state index in [2.05, 4.69) is 12.2 Å². The zero-order valence-corrected chi connectivity index (χ0v) is 12.7. The third-order valence-electron chi connectivity index (χ3n) is 4.55. The Morgan fingerprint density at radius 3 is 2.67 bits per heavy atom.